The molecule has 0 aliphatic heterocycles. The Hall–Kier alpha value is -1.37. The molecule has 2 aromatic rings. The van der Waals surface area contributed by atoms with Crippen LogP contribution < -0.4 is 5.32 Å². The largest absolute Gasteiger partial charge is 0.492 e. The predicted molar refractivity (Wildman–Crippen MR) is 50.6 cm³/mol. The molecule has 0 aliphatic rings. The lowest BCUT2D eigenvalue weighted by molar-refractivity contribution is 0.459. The molecule has 0 atom stereocenters. The number of nitrogens with zero attached hydrogens (tertiary/aromatic N) is 3. The molecule has 13 heavy (non-hydrogen) atoms. The first-order valence-corrected chi connectivity index (χ1v) is 4.30. The molecule has 6 nitrogen and oxygen atoms in total. The molecule has 2 rings (SSSR count). The van der Waals surface area contributed by atoms with Crippen LogP contribution in [0.5, 0.6) is 5.88 Å². The molecular formula is C6H6BrN5O. The first kappa shape index (κ1) is 8.24. The van der Waals surface area contributed by atoms with Gasteiger partial charge in [0.1, 0.15) is 11.0 Å². The third kappa shape index (κ3) is 1.21. The maximum atomic E-state index is 9.41. The Labute approximate surface area is 81.5 Å². The van der Waals surface area contributed by atoms with E-state index in [1.54, 1.807) is 7.05 Å². The summed E-state index contributed by atoms with van der Waals surface area (Å²) in [5.41, 5.74) is 0.975. The second-order valence-corrected chi connectivity index (χ2v) is 3.11. The van der Waals surface area contributed by atoms with Crippen molar-refractivity contribution in [3.63, 3.8) is 0 Å². The molecule has 0 saturated heterocycles. The van der Waals surface area contributed by atoms with Gasteiger partial charge in [0.25, 0.3) is 0 Å². The molecule has 2 heterocycles. The zero-order valence-electron chi connectivity index (χ0n) is 6.67. The molecule has 0 amide bonds. The van der Waals surface area contributed by atoms with Crippen LogP contribution in [0.25, 0.3) is 11.0 Å². The third-order valence-electron chi connectivity index (χ3n) is 1.57. The van der Waals surface area contributed by atoms with Gasteiger partial charge in [0.2, 0.25) is 11.8 Å². The smallest absolute Gasteiger partial charge is 0.242 e. The van der Waals surface area contributed by atoms with Crippen molar-refractivity contribution in [2.45, 2.75) is 0 Å². The molecule has 0 radical (unpaired) electrons. The van der Waals surface area contributed by atoms with Crippen molar-refractivity contribution >= 4 is 32.9 Å². The van der Waals surface area contributed by atoms with E-state index in [-0.39, 0.29) is 5.88 Å². The molecule has 0 unspecified atom stereocenters. The monoisotopic (exact) mass is 243 g/mol. The van der Waals surface area contributed by atoms with Crippen molar-refractivity contribution in [1.82, 2.24) is 20.2 Å². The Morgan fingerprint density at radius 2 is 2.23 bits per heavy atom. The third-order valence-corrected chi connectivity index (χ3v) is 2.13. The van der Waals surface area contributed by atoms with E-state index in [9.17, 15) is 5.11 Å². The quantitative estimate of drug-likeness (QED) is 0.692. The van der Waals surface area contributed by atoms with Crippen LogP contribution in [-0.4, -0.2) is 32.3 Å². The topological polar surface area (TPSA) is 86.7 Å². The second kappa shape index (κ2) is 2.84. The van der Waals surface area contributed by atoms with Crippen molar-refractivity contribution in [3.05, 3.63) is 4.60 Å². The summed E-state index contributed by atoms with van der Waals surface area (Å²) in [6.07, 6.45) is 0. The summed E-state index contributed by atoms with van der Waals surface area (Å²) in [5, 5.41) is 18.6. The maximum absolute atomic E-state index is 9.41. The number of hydrogen-bond donors (Lipinski definition) is 3. The molecule has 0 saturated carbocycles. The average Bonchev–Trinajstić information content (AvgIpc) is 2.48. The Kier molecular flexibility index (Phi) is 1.80. The second-order valence-electron chi connectivity index (χ2n) is 2.36. The lowest BCUT2D eigenvalue weighted by Gasteiger charge is -1.98. The summed E-state index contributed by atoms with van der Waals surface area (Å²) in [5.74, 6) is 0.236. The molecule has 0 spiro atoms. The summed E-state index contributed by atoms with van der Waals surface area (Å²) < 4.78 is 0.553. The zero-order valence-corrected chi connectivity index (χ0v) is 8.25. The molecule has 7 heteroatoms. The Morgan fingerprint density at radius 3 is 2.92 bits per heavy atom. The van der Waals surface area contributed by atoms with E-state index < -0.39 is 0 Å². The summed E-state index contributed by atoms with van der Waals surface area (Å²) in [4.78, 5) is 7.87. The van der Waals surface area contributed by atoms with Crippen LogP contribution in [-0.2, 0) is 0 Å². The number of halogens is 1. The van der Waals surface area contributed by atoms with Crippen molar-refractivity contribution in [2.75, 3.05) is 12.4 Å². The maximum Gasteiger partial charge on any atom is 0.242 e. The Morgan fingerprint density at radius 1 is 1.46 bits per heavy atom. The minimum atomic E-state index is -0.118. The molecule has 2 aromatic heterocycles. The van der Waals surface area contributed by atoms with Gasteiger partial charge in [0.05, 0.1) is 0 Å². The summed E-state index contributed by atoms with van der Waals surface area (Å²) in [7, 11) is 1.68. The predicted octanol–water partition coefficient (Wildman–Crippen LogP) is 0.863. The first-order valence-electron chi connectivity index (χ1n) is 3.50. The van der Waals surface area contributed by atoms with Gasteiger partial charge in [-0.15, -0.1) is 0 Å². The molecule has 0 aromatic carbocycles. The van der Waals surface area contributed by atoms with Crippen molar-refractivity contribution in [2.24, 2.45) is 0 Å². The van der Waals surface area contributed by atoms with Crippen LogP contribution in [0.2, 0.25) is 0 Å². The fourth-order valence-corrected chi connectivity index (χ4v) is 1.35. The van der Waals surface area contributed by atoms with E-state index >= 15 is 0 Å². The van der Waals surface area contributed by atoms with Gasteiger partial charge in [-0.2, -0.15) is 10.1 Å². The molecule has 0 fully saturated rings. The number of fused-ring (bicyclic) bond motifs is 1. The molecule has 0 bridgehead atoms. The van der Waals surface area contributed by atoms with Crippen LogP contribution in [0.3, 0.4) is 0 Å². The van der Waals surface area contributed by atoms with Crippen LogP contribution in [0, 0.1) is 0 Å². The standard InChI is InChI=1S/C6H6BrN5O/c1-8-6-9-2-3(5(13)10-6)11-12-4(2)7/h1H3,(H,11,12)(H2,8,9,10,13). The summed E-state index contributed by atoms with van der Waals surface area (Å²) in [6.45, 7) is 0. The van der Waals surface area contributed by atoms with Gasteiger partial charge < -0.3 is 10.4 Å². The van der Waals surface area contributed by atoms with Crippen molar-refractivity contribution in [3.8, 4) is 5.88 Å². The van der Waals surface area contributed by atoms with Crippen LogP contribution >= 0.6 is 15.9 Å². The Bertz CT molecular complexity index is 453. The Balaban J connectivity index is 2.80. The van der Waals surface area contributed by atoms with Gasteiger partial charge in [-0.25, -0.2) is 4.98 Å². The van der Waals surface area contributed by atoms with Crippen LogP contribution in [0.1, 0.15) is 0 Å². The molecule has 3 N–H and O–H groups in total. The fourth-order valence-electron chi connectivity index (χ4n) is 0.971. The highest BCUT2D eigenvalue weighted by Crippen LogP contribution is 2.25. The molecular weight excluding hydrogens is 238 g/mol. The number of aromatic amines is 1. The van der Waals surface area contributed by atoms with Gasteiger partial charge >= 0.3 is 0 Å². The van der Waals surface area contributed by atoms with Gasteiger partial charge in [-0.1, -0.05) is 0 Å². The molecule has 0 aliphatic carbocycles. The lowest BCUT2D eigenvalue weighted by atomic mass is 10.4. The van der Waals surface area contributed by atoms with E-state index in [1.807, 2.05) is 0 Å². The number of aromatic hydroxyl groups is 1. The van der Waals surface area contributed by atoms with Crippen molar-refractivity contribution < 1.29 is 5.11 Å². The van der Waals surface area contributed by atoms with Gasteiger partial charge in [0.15, 0.2) is 4.60 Å². The van der Waals surface area contributed by atoms with Gasteiger partial charge in [-0.05, 0) is 15.9 Å². The average molecular weight is 244 g/mol. The van der Waals surface area contributed by atoms with E-state index in [2.05, 4.69) is 41.4 Å². The van der Waals surface area contributed by atoms with Crippen LogP contribution in [0.15, 0.2) is 4.60 Å². The fraction of sp³-hybridized carbons (Fsp3) is 0.167. The van der Waals surface area contributed by atoms with E-state index in [1.165, 1.54) is 0 Å². The van der Waals surface area contributed by atoms with Crippen LogP contribution in [0.4, 0.5) is 5.95 Å². The number of H-pyrrole nitrogens is 1. The minimum Gasteiger partial charge on any atom is -0.492 e. The highest BCUT2D eigenvalue weighted by Gasteiger charge is 2.11. The highest BCUT2D eigenvalue weighted by atomic mass is 79.9. The summed E-state index contributed by atoms with van der Waals surface area (Å²) in [6, 6.07) is 0. The SMILES string of the molecule is CNc1nc(O)c2[nH]nc(Br)c2n1. The lowest BCUT2D eigenvalue weighted by Crippen LogP contribution is -1.95. The van der Waals surface area contributed by atoms with Gasteiger partial charge in [-0.3, -0.25) is 5.10 Å². The number of anilines is 1. The molecule has 68 valence electrons. The number of nitrogens with one attached hydrogen (secondary N) is 2. The highest BCUT2D eigenvalue weighted by molar-refractivity contribution is 9.10. The number of rotatable bonds is 1. The normalized spacial score (nSPS) is 10.6. The number of hydrogen-bond acceptors (Lipinski definition) is 5. The van der Waals surface area contributed by atoms with E-state index in [0.29, 0.717) is 21.6 Å². The van der Waals surface area contributed by atoms with Crippen molar-refractivity contribution in [1.29, 1.82) is 0 Å². The number of aromatic nitrogens is 4. The minimum absolute atomic E-state index is 0.118. The van der Waals surface area contributed by atoms with E-state index in [4.69, 9.17) is 0 Å². The van der Waals surface area contributed by atoms with Gasteiger partial charge in [0, 0.05) is 7.05 Å². The first-order chi connectivity index (χ1) is 6.22. The zero-order chi connectivity index (χ0) is 9.42. The summed E-state index contributed by atoms with van der Waals surface area (Å²) >= 11 is 3.19. The van der Waals surface area contributed by atoms with E-state index in [0.717, 1.165) is 0 Å².